The minimum absolute atomic E-state index is 0.0513. The molecule has 3 nitrogen and oxygen atoms in total. The van der Waals surface area contributed by atoms with Crippen LogP contribution in [0.2, 0.25) is 0 Å². The molecular weight excluding hydrogens is 312 g/mol. The lowest BCUT2D eigenvalue weighted by Gasteiger charge is -2.32. The molecule has 1 atom stereocenters. The second kappa shape index (κ2) is 4.88. The van der Waals surface area contributed by atoms with Gasteiger partial charge in [0.25, 0.3) is 0 Å². The first-order valence-corrected chi connectivity index (χ1v) is 8.78. The number of halogens is 1. The van der Waals surface area contributed by atoms with E-state index >= 15 is 0 Å². The molecule has 0 amide bonds. The number of ether oxygens (including phenoxy) is 2. The topological polar surface area (TPSA) is 35.5 Å². The van der Waals surface area contributed by atoms with E-state index in [1.807, 2.05) is 6.07 Å². The Kier molecular flexibility index (Phi) is 2.90. The molecule has 1 heterocycles. The number of carbonyl (C=O) groups excluding carboxylic acids is 1. The maximum Gasteiger partial charge on any atom is 0.231 e. The van der Waals surface area contributed by atoms with Crippen molar-refractivity contribution in [2.45, 2.75) is 43.9 Å². The van der Waals surface area contributed by atoms with Gasteiger partial charge in [-0.05, 0) is 65.3 Å². The molecule has 0 radical (unpaired) electrons. The summed E-state index contributed by atoms with van der Waals surface area (Å²) in [7, 11) is 0. The molecule has 0 fully saturated rings. The highest BCUT2D eigenvalue weighted by Gasteiger charge is 2.40. The Labute approximate surface area is 139 Å². The van der Waals surface area contributed by atoms with E-state index in [1.54, 1.807) is 0 Å². The summed E-state index contributed by atoms with van der Waals surface area (Å²) in [6.45, 7) is 0.252. The maximum absolute atomic E-state index is 12.4. The van der Waals surface area contributed by atoms with E-state index in [0.717, 1.165) is 46.2 Å². The summed E-state index contributed by atoms with van der Waals surface area (Å²) in [6, 6.07) is 4.03. The molecule has 0 bridgehead atoms. The van der Waals surface area contributed by atoms with Crippen LogP contribution in [-0.2, 0) is 12.8 Å². The average Bonchev–Trinajstić information content (AvgIpc) is 2.99. The van der Waals surface area contributed by atoms with Crippen molar-refractivity contribution in [2.24, 2.45) is 0 Å². The van der Waals surface area contributed by atoms with E-state index in [-0.39, 0.29) is 12.6 Å². The third-order valence-corrected chi connectivity index (χ3v) is 5.82. The molecule has 1 unspecified atom stereocenters. The zero-order valence-corrected chi connectivity index (χ0v) is 13.5. The highest BCUT2D eigenvalue weighted by Crippen LogP contribution is 2.50. The lowest BCUT2D eigenvalue weighted by Crippen LogP contribution is -2.26. The van der Waals surface area contributed by atoms with Crippen LogP contribution in [0, 0.1) is 0 Å². The molecule has 0 N–H and O–H groups in total. The van der Waals surface area contributed by atoms with Crippen molar-refractivity contribution in [1.82, 2.24) is 0 Å². The normalized spacial score (nSPS) is 22.1. The number of carbonyl (C=O) groups is 1. The third kappa shape index (κ3) is 1.80. The van der Waals surface area contributed by atoms with Crippen LogP contribution in [0.1, 0.15) is 58.1 Å². The standard InChI is InChI=1S/C19H17ClO3/c20-18-16-11-6-4-2-1-3-5-10(11)12-7-14-15(23-9-22-14)8-13(12)17(16)19(18)21/h7-8,18H,1-6,9H2. The van der Waals surface area contributed by atoms with Crippen LogP contribution in [0.5, 0.6) is 11.5 Å². The molecule has 2 aromatic rings. The largest absolute Gasteiger partial charge is 0.454 e. The van der Waals surface area contributed by atoms with Crippen LogP contribution in [0.15, 0.2) is 12.1 Å². The number of Topliss-reactive ketones (excluding diaryl/α,β-unsaturated/α-hetero) is 1. The van der Waals surface area contributed by atoms with E-state index in [0.29, 0.717) is 0 Å². The molecule has 4 heteroatoms. The van der Waals surface area contributed by atoms with Crippen LogP contribution in [0.3, 0.4) is 0 Å². The van der Waals surface area contributed by atoms with Crippen molar-refractivity contribution in [2.75, 3.05) is 6.79 Å². The fourth-order valence-corrected chi connectivity index (χ4v) is 4.62. The SMILES string of the molecule is O=C1c2c(c3c(c4cc5c(cc24)OCO5)CCCCCC3)C1Cl. The molecule has 0 saturated carbocycles. The minimum Gasteiger partial charge on any atom is -0.454 e. The Balaban J connectivity index is 1.87. The molecule has 0 spiro atoms. The summed E-state index contributed by atoms with van der Waals surface area (Å²) < 4.78 is 11.1. The van der Waals surface area contributed by atoms with Crippen molar-refractivity contribution in [1.29, 1.82) is 0 Å². The van der Waals surface area contributed by atoms with Gasteiger partial charge in [0.1, 0.15) is 5.38 Å². The summed E-state index contributed by atoms with van der Waals surface area (Å²) >= 11 is 6.37. The quantitative estimate of drug-likeness (QED) is 0.657. The van der Waals surface area contributed by atoms with Gasteiger partial charge in [0.2, 0.25) is 6.79 Å². The van der Waals surface area contributed by atoms with Gasteiger partial charge in [-0.3, -0.25) is 4.79 Å². The van der Waals surface area contributed by atoms with Gasteiger partial charge in [0, 0.05) is 5.56 Å². The smallest absolute Gasteiger partial charge is 0.231 e. The minimum atomic E-state index is -0.465. The number of hydrogen-bond donors (Lipinski definition) is 0. The van der Waals surface area contributed by atoms with E-state index in [9.17, 15) is 4.79 Å². The van der Waals surface area contributed by atoms with Gasteiger partial charge in [0.15, 0.2) is 17.3 Å². The Hall–Kier alpha value is -1.74. The van der Waals surface area contributed by atoms with E-state index < -0.39 is 5.38 Å². The molecular formula is C19H17ClO3. The molecule has 5 rings (SSSR count). The molecule has 2 aromatic carbocycles. The monoisotopic (exact) mass is 328 g/mol. The second-order valence-corrected chi connectivity index (χ2v) is 7.07. The second-order valence-electron chi connectivity index (χ2n) is 6.64. The first-order chi connectivity index (χ1) is 11.3. The number of ketones is 1. The number of rotatable bonds is 0. The van der Waals surface area contributed by atoms with Crippen molar-refractivity contribution in [3.8, 4) is 11.5 Å². The Morgan fingerprint density at radius 2 is 1.57 bits per heavy atom. The summed E-state index contributed by atoms with van der Waals surface area (Å²) in [5.41, 5.74) is 4.60. The van der Waals surface area contributed by atoms with Crippen molar-refractivity contribution >= 4 is 28.2 Å². The third-order valence-electron chi connectivity index (χ3n) is 5.40. The Bertz CT molecular complexity index is 856. The highest BCUT2D eigenvalue weighted by atomic mass is 35.5. The van der Waals surface area contributed by atoms with Gasteiger partial charge in [-0.2, -0.15) is 0 Å². The van der Waals surface area contributed by atoms with Crippen LogP contribution in [0.4, 0.5) is 0 Å². The molecule has 23 heavy (non-hydrogen) atoms. The molecule has 0 aromatic heterocycles. The average molecular weight is 329 g/mol. The summed E-state index contributed by atoms with van der Waals surface area (Å²) in [5, 5.41) is 1.68. The van der Waals surface area contributed by atoms with Crippen LogP contribution in [0.25, 0.3) is 10.8 Å². The fourth-order valence-electron chi connectivity index (χ4n) is 4.27. The molecule has 3 aliphatic rings. The van der Waals surface area contributed by atoms with Crippen molar-refractivity contribution < 1.29 is 14.3 Å². The molecule has 0 saturated heterocycles. The van der Waals surface area contributed by atoms with Gasteiger partial charge in [-0.1, -0.05) is 12.8 Å². The lowest BCUT2D eigenvalue weighted by atomic mass is 9.74. The summed E-state index contributed by atoms with van der Waals surface area (Å²) in [5.74, 6) is 1.57. The Morgan fingerprint density at radius 1 is 0.913 bits per heavy atom. The molecule has 1 aliphatic heterocycles. The number of benzene rings is 2. The zero-order valence-electron chi connectivity index (χ0n) is 12.8. The van der Waals surface area contributed by atoms with Gasteiger partial charge in [-0.25, -0.2) is 0 Å². The lowest BCUT2D eigenvalue weighted by molar-refractivity contribution is 0.0962. The van der Waals surface area contributed by atoms with Crippen molar-refractivity contribution in [3.05, 3.63) is 34.4 Å². The van der Waals surface area contributed by atoms with E-state index in [1.165, 1.54) is 36.8 Å². The van der Waals surface area contributed by atoms with Crippen LogP contribution >= 0.6 is 11.6 Å². The van der Waals surface area contributed by atoms with E-state index in [4.69, 9.17) is 21.1 Å². The first-order valence-electron chi connectivity index (χ1n) is 8.35. The van der Waals surface area contributed by atoms with E-state index in [2.05, 4.69) is 6.07 Å². The van der Waals surface area contributed by atoms with Crippen molar-refractivity contribution in [3.63, 3.8) is 0 Å². The summed E-state index contributed by atoms with van der Waals surface area (Å²) in [4.78, 5) is 12.4. The highest BCUT2D eigenvalue weighted by molar-refractivity contribution is 6.41. The number of aryl methyl sites for hydroxylation is 1. The summed E-state index contributed by atoms with van der Waals surface area (Å²) in [6.07, 6.45) is 6.97. The number of alkyl halides is 1. The molecule has 118 valence electrons. The van der Waals surface area contributed by atoms with Gasteiger partial charge < -0.3 is 9.47 Å². The fraction of sp³-hybridized carbons (Fsp3) is 0.421. The Morgan fingerprint density at radius 3 is 2.30 bits per heavy atom. The zero-order chi connectivity index (χ0) is 15.6. The number of fused-ring (bicyclic) bond motifs is 7. The van der Waals surface area contributed by atoms with Gasteiger partial charge in [0.05, 0.1) is 0 Å². The molecule has 2 aliphatic carbocycles. The van der Waals surface area contributed by atoms with Crippen LogP contribution < -0.4 is 9.47 Å². The van der Waals surface area contributed by atoms with Gasteiger partial charge >= 0.3 is 0 Å². The first kappa shape index (κ1) is 13.7. The maximum atomic E-state index is 12.4. The predicted molar refractivity (Wildman–Crippen MR) is 88.9 cm³/mol. The predicted octanol–water partition coefficient (Wildman–Crippen LogP) is 4.70. The number of hydrogen-bond acceptors (Lipinski definition) is 3. The van der Waals surface area contributed by atoms with Crippen LogP contribution in [-0.4, -0.2) is 12.6 Å². The van der Waals surface area contributed by atoms with Gasteiger partial charge in [-0.15, -0.1) is 11.6 Å².